The number of aromatic nitrogens is 1. The maximum Gasteiger partial charge on any atom is 0.0521 e. The van der Waals surface area contributed by atoms with Gasteiger partial charge in [0.15, 0.2) is 0 Å². The second-order valence-corrected chi connectivity index (χ2v) is 17.9. The highest BCUT2D eigenvalue weighted by molar-refractivity contribution is 6.09. The lowest BCUT2D eigenvalue weighted by atomic mass is 9.92. The average molecular weight is 966 g/mol. The summed E-state index contributed by atoms with van der Waals surface area (Å²) >= 11 is 0. The topological polar surface area (TPSA) is 4.93 Å². The van der Waals surface area contributed by atoms with E-state index in [2.05, 4.69) is 260 Å². The second kappa shape index (κ2) is 36.4. The molecule has 0 saturated carbocycles. The molecule has 0 spiro atoms. The molecule has 1 heterocycles. The molecule has 0 radical (unpaired) electrons. The third kappa shape index (κ3) is 22.2. The van der Waals surface area contributed by atoms with Crippen molar-refractivity contribution in [1.82, 2.24) is 4.57 Å². The van der Waals surface area contributed by atoms with Crippen LogP contribution in [0, 0.1) is 52.9 Å². The van der Waals surface area contributed by atoms with Crippen LogP contribution in [0.5, 0.6) is 0 Å². The minimum Gasteiger partial charge on any atom is -0.343 e. The molecule has 0 aliphatic heterocycles. The largest absolute Gasteiger partial charge is 0.343 e. The van der Waals surface area contributed by atoms with E-state index < -0.39 is 0 Å². The Labute approximate surface area is 445 Å². The molecule has 1 heteroatoms. The van der Waals surface area contributed by atoms with E-state index in [-0.39, 0.29) is 0 Å². The third-order valence-electron chi connectivity index (χ3n) is 12.3. The van der Waals surface area contributed by atoms with Gasteiger partial charge in [-0.15, -0.1) is 19.3 Å². The number of rotatable bonds is 10. The van der Waals surface area contributed by atoms with Gasteiger partial charge in [0.1, 0.15) is 0 Å². The highest BCUT2D eigenvalue weighted by Crippen LogP contribution is 2.32. The molecule has 0 amide bonds. The van der Waals surface area contributed by atoms with Crippen LogP contribution in [0.4, 0.5) is 0 Å². The number of terminal acetylenes is 2. The van der Waals surface area contributed by atoms with Crippen LogP contribution in [0.1, 0.15) is 115 Å². The predicted molar refractivity (Wildman–Crippen MR) is 330 cm³/mol. The Balaban J connectivity index is 0.000000487. The monoisotopic (exact) mass is 966 g/mol. The van der Waals surface area contributed by atoms with Crippen molar-refractivity contribution < 1.29 is 0 Å². The number of nitrogens with zero attached hydrogens (tertiary/aromatic N) is 1. The third-order valence-corrected chi connectivity index (χ3v) is 12.3. The molecule has 1 aromatic heterocycles. The first kappa shape index (κ1) is 63.4. The van der Waals surface area contributed by atoms with Crippen LogP contribution in [-0.2, 0) is 19.9 Å². The minimum atomic E-state index is 0.888. The molecule has 0 atom stereocenters. The summed E-state index contributed by atoms with van der Waals surface area (Å²) in [6.45, 7) is 33.2. The Hall–Kier alpha value is -7.58. The molecule has 7 aromatic rings. The first-order chi connectivity index (χ1) is 35.1. The number of fused-ring (bicyclic) bond motifs is 3. The maximum atomic E-state index is 5.83. The van der Waals surface area contributed by atoms with Crippen LogP contribution in [0.25, 0.3) is 27.4 Å². The highest BCUT2D eigenvalue weighted by Gasteiger charge is 2.12. The zero-order chi connectivity index (χ0) is 54.7. The zero-order valence-electron chi connectivity index (χ0n) is 47.4. The number of benzene rings is 6. The average Bonchev–Trinajstić information content (AvgIpc) is 3.72. The van der Waals surface area contributed by atoms with Crippen LogP contribution in [0.15, 0.2) is 228 Å². The Morgan fingerprint density at radius 1 is 0.616 bits per heavy atom. The first-order valence-corrected chi connectivity index (χ1v) is 25.7. The van der Waals surface area contributed by atoms with Crippen LogP contribution < -0.4 is 0 Å². The van der Waals surface area contributed by atoms with E-state index in [4.69, 9.17) is 6.42 Å². The van der Waals surface area contributed by atoms with Crippen molar-refractivity contribution in [2.75, 3.05) is 0 Å². The summed E-state index contributed by atoms with van der Waals surface area (Å²) in [7, 11) is 2.17. The molecule has 0 fully saturated rings. The van der Waals surface area contributed by atoms with Crippen molar-refractivity contribution >= 4 is 27.4 Å². The Kier molecular flexibility index (Phi) is 31.6. The Bertz CT molecular complexity index is 2910. The van der Waals surface area contributed by atoms with Crippen molar-refractivity contribution in [3.05, 3.63) is 267 Å². The van der Waals surface area contributed by atoms with Gasteiger partial charge in [0.05, 0.1) is 5.52 Å². The van der Waals surface area contributed by atoms with Crippen LogP contribution >= 0.6 is 0 Å². The van der Waals surface area contributed by atoms with Gasteiger partial charge in [-0.05, 0) is 146 Å². The van der Waals surface area contributed by atoms with E-state index in [0.29, 0.717) is 0 Å². The molecule has 6 aromatic carbocycles. The summed E-state index contributed by atoms with van der Waals surface area (Å²) < 4.78 is 2.32. The van der Waals surface area contributed by atoms with E-state index in [1.807, 2.05) is 62.4 Å². The van der Waals surface area contributed by atoms with Gasteiger partial charge in [-0.3, -0.25) is 0 Å². The summed E-state index contributed by atoms with van der Waals surface area (Å²) in [4.78, 5) is 0. The van der Waals surface area contributed by atoms with Gasteiger partial charge in [-0.2, -0.15) is 0 Å². The van der Waals surface area contributed by atoms with E-state index in [1.165, 1.54) is 94.2 Å². The quantitative estimate of drug-likeness (QED) is 0.0951. The molecule has 0 N–H and O–H groups in total. The van der Waals surface area contributed by atoms with Gasteiger partial charge in [-0.1, -0.05) is 243 Å². The van der Waals surface area contributed by atoms with Gasteiger partial charge in [-0.25, -0.2) is 0 Å². The Morgan fingerprint density at radius 3 is 1.63 bits per heavy atom. The van der Waals surface area contributed by atoms with Crippen LogP contribution in [-0.4, -0.2) is 4.57 Å². The molecular formula is C72H87N. The normalized spacial score (nSPS) is 11.1. The van der Waals surface area contributed by atoms with E-state index in [9.17, 15) is 0 Å². The first-order valence-electron chi connectivity index (χ1n) is 25.7. The lowest BCUT2D eigenvalue weighted by Crippen LogP contribution is -1.96. The molecule has 73 heavy (non-hydrogen) atoms. The zero-order valence-corrected chi connectivity index (χ0v) is 47.4. The predicted octanol–water partition coefficient (Wildman–Crippen LogP) is 20.4. The fourth-order valence-electron chi connectivity index (χ4n) is 7.55. The summed E-state index contributed by atoms with van der Waals surface area (Å²) in [5.74, 6) is 2.91. The van der Waals surface area contributed by atoms with Gasteiger partial charge in [0.2, 0.25) is 0 Å². The molecule has 380 valence electrons. The smallest absolute Gasteiger partial charge is 0.0521 e. The number of aryl methyl sites for hydroxylation is 5. The minimum absolute atomic E-state index is 0.888. The van der Waals surface area contributed by atoms with Gasteiger partial charge >= 0.3 is 0 Å². The van der Waals surface area contributed by atoms with Crippen LogP contribution in [0.2, 0.25) is 0 Å². The second-order valence-electron chi connectivity index (χ2n) is 17.9. The number of hydrogen-bond acceptors (Lipinski definition) is 0. The van der Waals surface area contributed by atoms with Gasteiger partial charge in [0, 0.05) is 28.9 Å². The van der Waals surface area contributed by atoms with E-state index in [0.717, 1.165) is 24.8 Å². The lowest BCUT2D eigenvalue weighted by Gasteiger charge is -2.12. The lowest BCUT2D eigenvalue weighted by molar-refractivity contribution is 1.00. The molecule has 1 nitrogen and oxygen atoms in total. The molecule has 0 aliphatic rings. The van der Waals surface area contributed by atoms with Crippen molar-refractivity contribution in [1.29, 1.82) is 0 Å². The number of allylic oxidation sites excluding steroid dienone is 13. The van der Waals surface area contributed by atoms with E-state index >= 15 is 0 Å². The highest BCUT2D eigenvalue weighted by atomic mass is 14.9. The fraction of sp³-hybridized carbons (Fsp3) is 0.250. The summed E-state index contributed by atoms with van der Waals surface area (Å²) in [5, 5.41) is 2.70. The molecule has 0 bridgehead atoms. The van der Waals surface area contributed by atoms with E-state index in [1.54, 1.807) is 0 Å². The molecule has 7 rings (SSSR count). The van der Waals surface area contributed by atoms with Crippen LogP contribution in [0.3, 0.4) is 0 Å². The standard InChI is InChI=1S/C23H24.C21H23N.C10H16.C8H10.C6H6.C2H6.C2H2/c1-6-23(18(3)16-21-14-12-17(2)13-15-21)20(5)19(4)22-10-8-7-9-11-22;1-4-5-6-7-8-11-17-14-15-19-18-12-9-10-13-20(18)22(3)21(19)16(17)2;1-6-9(4)7-10(5)8(2)3;1-7-5-3-4-6-8(7)2;1-2-4-6-5-3-1;2*1-2/h1,7-15H,16H2,2-5H3;5-10,12-15H,4,11H2,1-3H3;6-7H,1H2,2-5H3;3-6H,1-2H3;1-6H;1-2H3;1-2H/b20-19+,23-18-;6-5-,8-7-;9-7-;;;;. The van der Waals surface area contributed by atoms with Crippen molar-refractivity contribution in [2.45, 2.75) is 116 Å². The Morgan fingerprint density at radius 2 is 1.12 bits per heavy atom. The molecule has 0 unspecified atom stereocenters. The summed E-state index contributed by atoms with van der Waals surface area (Å²) in [6, 6.07) is 52.6. The van der Waals surface area contributed by atoms with Crippen molar-refractivity contribution in [3.8, 4) is 25.2 Å². The SMILES string of the molecule is C#C.C#CC(=C(\C)Cc1ccc(C)cc1)/C(C)=C(\C)c1ccccc1.C=C/C(C)=C\C(C)=C(C)C.CC.CC/C=C\C=C/Cc1ccc2c3ccccc3n(C)c2c1C.Cc1ccccc1C.c1ccccc1. The van der Waals surface area contributed by atoms with Gasteiger partial charge < -0.3 is 4.57 Å². The number of para-hydroxylation sites is 1. The molecule has 0 aliphatic carbocycles. The van der Waals surface area contributed by atoms with Crippen molar-refractivity contribution in [3.63, 3.8) is 0 Å². The fourth-order valence-corrected chi connectivity index (χ4v) is 7.55. The van der Waals surface area contributed by atoms with Gasteiger partial charge in [0.25, 0.3) is 0 Å². The summed E-state index contributed by atoms with van der Waals surface area (Å²) in [6.07, 6.45) is 29.5. The summed E-state index contributed by atoms with van der Waals surface area (Å²) in [5.41, 5.74) is 20.6. The maximum absolute atomic E-state index is 5.83. The van der Waals surface area contributed by atoms with Crippen molar-refractivity contribution in [2.24, 2.45) is 7.05 Å². The number of hydrogen-bond donors (Lipinski definition) is 0. The molecular weight excluding hydrogens is 879 g/mol. The molecule has 0 saturated heterocycles.